The van der Waals surface area contributed by atoms with E-state index >= 15 is 0 Å². The number of aliphatic hydroxyl groups excluding tert-OH is 1. The minimum Gasteiger partial charge on any atom is -0.497 e. The number of ether oxygens (including phenoxy) is 2. The molecule has 0 saturated carbocycles. The van der Waals surface area contributed by atoms with E-state index in [1.54, 1.807) is 37.3 Å². The van der Waals surface area contributed by atoms with Gasteiger partial charge >= 0.3 is 5.97 Å². The molecule has 3 aromatic rings. The van der Waals surface area contributed by atoms with Crippen LogP contribution in [-0.4, -0.2) is 81.4 Å². The second-order valence-electron chi connectivity index (χ2n) is 10.1. The van der Waals surface area contributed by atoms with Crippen molar-refractivity contribution < 1.29 is 27.8 Å². The van der Waals surface area contributed by atoms with Crippen LogP contribution >= 0.6 is 0 Å². The van der Waals surface area contributed by atoms with Crippen LogP contribution in [0.25, 0.3) is 10.9 Å². The van der Waals surface area contributed by atoms with Crippen molar-refractivity contribution in [3.05, 3.63) is 54.2 Å². The number of benzene rings is 2. The number of aromatic nitrogens is 1. The first-order chi connectivity index (χ1) is 18.8. The molecule has 1 N–H and O–H groups in total. The van der Waals surface area contributed by atoms with E-state index in [1.807, 2.05) is 0 Å². The summed E-state index contributed by atoms with van der Waals surface area (Å²) in [4.78, 5) is 21.9. The van der Waals surface area contributed by atoms with Crippen LogP contribution in [0.4, 0.5) is 5.69 Å². The largest absolute Gasteiger partial charge is 0.497 e. The first-order valence-corrected chi connectivity index (χ1v) is 15.0. The Morgan fingerprint density at radius 3 is 2.36 bits per heavy atom. The molecule has 39 heavy (non-hydrogen) atoms. The van der Waals surface area contributed by atoms with Crippen molar-refractivity contribution in [2.45, 2.75) is 54.5 Å². The molecule has 0 spiro atoms. The van der Waals surface area contributed by atoms with Crippen LogP contribution < -0.4 is 9.64 Å². The van der Waals surface area contributed by atoms with Gasteiger partial charge in [0.2, 0.25) is 9.84 Å². The number of hydrogen-bond donors (Lipinski definition) is 1. The average molecular weight is 554 g/mol. The zero-order valence-electron chi connectivity index (χ0n) is 22.4. The van der Waals surface area contributed by atoms with Crippen LogP contribution in [-0.2, 0) is 14.6 Å². The fraction of sp³-hybridized carbons (Fsp3) is 0.448. The lowest BCUT2D eigenvalue weighted by Crippen LogP contribution is -2.48. The van der Waals surface area contributed by atoms with Gasteiger partial charge in [0.05, 0.1) is 41.5 Å². The van der Waals surface area contributed by atoms with Gasteiger partial charge in [-0.05, 0) is 75.1 Å². The number of anilines is 1. The summed E-state index contributed by atoms with van der Waals surface area (Å²) < 4.78 is 38.4. The van der Waals surface area contributed by atoms with Crippen LogP contribution in [0.15, 0.2) is 58.5 Å². The summed E-state index contributed by atoms with van der Waals surface area (Å²) in [6.07, 6.45) is 4.54. The average Bonchev–Trinajstić information content (AvgIpc) is 2.97. The molecular formula is C29H35N3O6S. The van der Waals surface area contributed by atoms with Crippen LogP contribution in [0.5, 0.6) is 5.75 Å². The topological polar surface area (TPSA) is 109 Å². The second-order valence-corrected chi connectivity index (χ2v) is 12.0. The van der Waals surface area contributed by atoms with Crippen molar-refractivity contribution in [3.8, 4) is 5.75 Å². The Hall–Kier alpha value is -3.21. The lowest BCUT2D eigenvalue weighted by molar-refractivity contribution is 0.0525. The third-order valence-corrected chi connectivity index (χ3v) is 9.54. The fourth-order valence-electron chi connectivity index (χ4n) is 5.61. The Bertz CT molecular complexity index is 1430. The van der Waals surface area contributed by atoms with E-state index in [-0.39, 0.29) is 22.5 Å². The Morgan fingerprint density at radius 2 is 1.72 bits per heavy atom. The molecule has 208 valence electrons. The maximum atomic E-state index is 14.0. The van der Waals surface area contributed by atoms with Gasteiger partial charge in [-0.1, -0.05) is 0 Å². The number of carbonyl (C=O) groups is 1. The van der Waals surface area contributed by atoms with Crippen molar-refractivity contribution in [1.29, 1.82) is 0 Å². The minimum atomic E-state index is -3.93. The molecule has 2 saturated heterocycles. The molecular weight excluding hydrogens is 518 g/mol. The molecule has 9 nitrogen and oxygen atoms in total. The highest BCUT2D eigenvalue weighted by Gasteiger charge is 2.32. The maximum absolute atomic E-state index is 14.0. The molecule has 0 aliphatic carbocycles. The van der Waals surface area contributed by atoms with Gasteiger partial charge in [-0.3, -0.25) is 4.98 Å². The standard InChI is InChI=1S/C29H35N3O6S/c1-3-38-29(34)20-4-9-26-25(18-20)28(32-14-10-21(11-15-32)31-16-12-22(33)13-17-31)27(19-30-26)39(35,36)24-7-5-23(37-2)6-8-24/h4-9,18-19,21-22,33H,3,10-17H2,1-2H3. The Labute approximate surface area is 229 Å². The molecule has 2 aromatic carbocycles. The zero-order chi connectivity index (χ0) is 27.6. The molecule has 1 aromatic heterocycles. The molecule has 0 bridgehead atoms. The third-order valence-electron chi connectivity index (χ3n) is 7.77. The number of hydrogen-bond acceptors (Lipinski definition) is 9. The summed E-state index contributed by atoms with van der Waals surface area (Å²) in [5, 5.41) is 10.5. The Kier molecular flexibility index (Phi) is 8.06. The quantitative estimate of drug-likeness (QED) is 0.438. The maximum Gasteiger partial charge on any atom is 0.338 e. The van der Waals surface area contributed by atoms with Crippen molar-refractivity contribution in [3.63, 3.8) is 0 Å². The van der Waals surface area contributed by atoms with Crippen molar-refractivity contribution >= 4 is 32.4 Å². The predicted molar refractivity (Wildman–Crippen MR) is 148 cm³/mol. The number of piperidine rings is 2. The highest BCUT2D eigenvalue weighted by atomic mass is 32.2. The van der Waals surface area contributed by atoms with Gasteiger partial charge in [0.1, 0.15) is 10.6 Å². The lowest BCUT2D eigenvalue weighted by Gasteiger charge is -2.42. The third kappa shape index (κ3) is 5.59. The number of methoxy groups -OCH3 is 1. The van der Waals surface area contributed by atoms with Crippen LogP contribution in [0, 0.1) is 0 Å². The molecule has 0 unspecified atom stereocenters. The molecule has 5 rings (SSSR count). The minimum absolute atomic E-state index is 0.112. The van der Waals surface area contributed by atoms with E-state index in [0.29, 0.717) is 47.0 Å². The van der Waals surface area contributed by atoms with Gasteiger partial charge in [0.15, 0.2) is 0 Å². The van der Waals surface area contributed by atoms with E-state index in [1.165, 1.54) is 25.4 Å². The van der Waals surface area contributed by atoms with E-state index in [4.69, 9.17) is 9.47 Å². The van der Waals surface area contributed by atoms with Crippen molar-refractivity contribution in [2.24, 2.45) is 0 Å². The second kappa shape index (κ2) is 11.5. The normalized spacial score (nSPS) is 17.9. The van der Waals surface area contributed by atoms with Crippen LogP contribution in [0.3, 0.4) is 0 Å². The highest BCUT2D eigenvalue weighted by Crippen LogP contribution is 2.38. The summed E-state index contributed by atoms with van der Waals surface area (Å²) in [6, 6.07) is 11.8. The number of sulfone groups is 1. The highest BCUT2D eigenvalue weighted by molar-refractivity contribution is 7.91. The number of nitrogens with zero attached hydrogens (tertiary/aromatic N) is 3. The number of esters is 1. The number of rotatable bonds is 7. The summed E-state index contributed by atoms with van der Waals surface area (Å²) in [5.74, 6) is 0.108. The van der Waals surface area contributed by atoms with Gasteiger partial charge in [-0.15, -0.1) is 0 Å². The van der Waals surface area contributed by atoms with Gasteiger partial charge in [-0.2, -0.15) is 0 Å². The van der Waals surface area contributed by atoms with E-state index in [9.17, 15) is 18.3 Å². The van der Waals surface area contributed by atoms with E-state index < -0.39 is 15.8 Å². The monoisotopic (exact) mass is 553 g/mol. The van der Waals surface area contributed by atoms with Gasteiger partial charge in [0.25, 0.3) is 0 Å². The fourth-order valence-corrected chi connectivity index (χ4v) is 7.05. The molecule has 0 atom stereocenters. The predicted octanol–water partition coefficient (Wildman–Crippen LogP) is 3.68. The molecule has 2 aliphatic heterocycles. The summed E-state index contributed by atoms with van der Waals surface area (Å²) in [5.41, 5.74) is 1.53. The summed E-state index contributed by atoms with van der Waals surface area (Å²) >= 11 is 0. The van der Waals surface area contributed by atoms with E-state index in [0.717, 1.165) is 38.8 Å². The van der Waals surface area contributed by atoms with Gasteiger partial charge < -0.3 is 24.4 Å². The molecule has 2 fully saturated rings. The summed E-state index contributed by atoms with van der Waals surface area (Å²) in [6.45, 7) is 5.08. The first kappa shape index (κ1) is 27.4. The number of carbonyl (C=O) groups excluding carboxylic acids is 1. The van der Waals surface area contributed by atoms with Gasteiger partial charge in [-0.25, -0.2) is 13.2 Å². The molecule has 0 amide bonds. The van der Waals surface area contributed by atoms with Gasteiger partial charge in [0, 0.05) is 43.8 Å². The van der Waals surface area contributed by atoms with Crippen molar-refractivity contribution in [1.82, 2.24) is 9.88 Å². The number of pyridine rings is 1. The zero-order valence-corrected chi connectivity index (χ0v) is 23.2. The smallest absolute Gasteiger partial charge is 0.338 e. The number of fused-ring (bicyclic) bond motifs is 1. The number of aliphatic hydroxyl groups is 1. The van der Waals surface area contributed by atoms with Crippen LogP contribution in [0.2, 0.25) is 0 Å². The SMILES string of the molecule is CCOC(=O)c1ccc2ncc(S(=O)(=O)c3ccc(OC)cc3)c(N3CCC(N4CCC(O)CC4)CC3)c2c1. The summed E-state index contributed by atoms with van der Waals surface area (Å²) in [7, 11) is -2.40. The molecule has 3 heterocycles. The molecule has 10 heteroatoms. The van der Waals surface area contributed by atoms with E-state index in [2.05, 4.69) is 14.8 Å². The van der Waals surface area contributed by atoms with Crippen molar-refractivity contribution in [2.75, 3.05) is 44.8 Å². The number of likely N-dealkylation sites (tertiary alicyclic amines) is 1. The Morgan fingerprint density at radius 1 is 1.03 bits per heavy atom. The molecule has 0 radical (unpaired) electrons. The first-order valence-electron chi connectivity index (χ1n) is 13.5. The Balaban J connectivity index is 1.55. The lowest BCUT2D eigenvalue weighted by atomic mass is 9.98. The molecule has 2 aliphatic rings. The van der Waals surface area contributed by atoms with Crippen LogP contribution in [0.1, 0.15) is 43.0 Å².